The van der Waals surface area contributed by atoms with Crippen LogP contribution in [0, 0.1) is 0 Å². The van der Waals surface area contributed by atoms with E-state index in [2.05, 4.69) is 5.32 Å². The fourth-order valence-electron chi connectivity index (χ4n) is 5.33. The number of carbonyl (C=O) groups is 2. The number of benzene rings is 3. The van der Waals surface area contributed by atoms with Crippen molar-refractivity contribution in [2.45, 2.75) is 62.4 Å². The van der Waals surface area contributed by atoms with Crippen LogP contribution in [0.5, 0.6) is 5.75 Å². The van der Waals surface area contributed by atoms with E-state index in [1.54, 1.807) is 47.4 Å². The van der Waals surface area contributed by atoms with Gasteiger partial charge < -0.3 is 15.0 Å². The normalized spacial score (nSPS) is 14.3. The van der Waals surface area contributed by atoms with Gasteiger partial charge in [-0.05, 0) is 55.5 Å². The van der Waals surface area contributed by atoms with Crippen LogP contribution in [0.25, 0.3) is 0 Å². The minimum Gasteiger partial charge on any atom is -0.495 e. The molecule has 8 nitrogen and oxygen atoms in total. The molecule has 1 saturated carbocycles. The lowest BCUT2D eigenvalue weighted by Gasteiger charge is -2.34. The van der Waals surface area contributed by atoms with Gasteiger partial charge in [0.25, 0.3) is 10.0 Å². The summed E-state index contributed by atoms with van der Waals surface area (Å²) in [5.74, 6) is -0.336. The van der Waals surface area contributed by atoms with Gasteiger partial charge in [0.05, 0.1) is 17.7 Å². The van der Waals surface area contributed by atoms with E-state index in [1.807, 2.05) is 37.3 Å². The van der Waals surface area contributed by atoms with Gasteiger partial charge in [-0.1, -0.05) is 80.4 Å². The molecule has 0 radical (unpaired) electrons. The van der Waals surface area contributed by atoms with Crippen molar-refractivity contribution in [2.75, 3.05) is 24.5 Å². The van der Waals surface area contributed by atoms with Gasteiger partial charge in [0.2, 0.25) is 11.8 Å². The molecule has 9 heteroatoms. The molecule has 1 unspecified atom stereocenters. The molecule has 3 aromatic rings. The van der Waals surface area contributed by atoms with Gasteiger partial charge in [-0.15, -0.1) is 0 Å². The number of methoxy groups -OCH3 is 1. The SMILES string of the molecule is CCC(C(=O)NC1CCCC1)N(CCc1ccccc1)C(=O)CN(c1ccccc1OC)S(=O)(=O)c1ccccc1. The van der Waals surface area contributed by atoms with Crippen LogP contribution in [0.15, 0.2) is 89.8 Å². The molecule has 0 heterocycles. The van der Waals surface area contributed by atoms with Crippen molar-refractivity contribution in [1.29, 1.82) is 0 Å². The molecule has 4 rings (SSSR count). The molecular formula is C32H39N3O5S. The molecule has 0 spiro atoms. The Kier molecular flexibility index (Phi) is 10.4. The summed E-state index contributed by atoms with van der Waals surface area (Å²) in [6.45, 7) is 1.66. The van der Waals surface area contributed by atoms with Crippen molar-refractivity contribution in [3.63, 3.8) is 0 Å². The number of anilines is 1. The molecule has 0 saturated heterocycles. The van der Waals surface area contributed by atoms with Crippen LogP contribution in [0.4, 0.5) is 5.69 Å². The molecule has 3 aromatic carbocycles. The number of sulfonamides is 1. The van der Waals surface area contributed by atoms with Crippen molar-refractivity contribution in [1.82, 2.24) is 10.2 Å². The molecular weight excluding hydrogens is 538 g/mol. The first-order valence-corrected chi connectivity index (χ1v) is 15.6. The quantitative estimate of drug-likeness (QED) is 0.315. The van der Waals surface area contributed by atoms with E-state index in [4.69, 9.17) is 4.74 Å². The Balaban J connectivity index is 1.69. The zero-order chi connectivity index (χ0) is 29.2. The highest BCUT2D eigenvalue weighted by Gasteiger charge is 2.35. The van der Waals surface area contributed by atoms with E-state index in [9.17, 15) is 18.0 Å². The Labute approximate surface area is 243 Å². The predicted octanol–water partition coefficient (Wildman–Crippen LogP) is 4.80. The van der Waals surface area contributed by atoms with Gasteiger partial charge >= 0.3 is 0 Å². The fourth-order valence-corrected chi connectivity index (χ4v) is 6.78. The van der Waals surface area contributed by atoms with Crippen molar-refractivity contribution in [3.05, 3.63) is 90.5 Å². The molecule has 1 aliphatic carbocycles. The molecule has 1 aliphatic rings. The number of para-hydroxylation sites is 2. The van der Waals surface area contributed by atoms with Gasteiger partial charge in [0, 0.05) is 12.6 Å². The average Bonchev–Trinajstić information content (AvgIpc) is 3.51. The highest BCUT2D eigenvalue weighted by atomic mass is 32.2. The van der Waals surface area contributed by atoms with Gasteiger partial charge in [-0.3, -0.25) is 13.9 Å². The molecule has 2 amide bonds. The van der Waals surface area contributed by atoms with Crippen LogP contribution >= 0.6 is 0 Å². The standard InChI is InChI=1S/C32H39N3O5S/c1-3-28(32(37)33-26-16-10-11-17-26)34(23-22-25-14-6-4-7-15-25)31(36)24-35(29-20-12-13-21-30(29)40-2)41(38,39)27-18-8-5-9-19-27/h4-9,12-15,18-21,26,28H,3,10-11,16-17,22-24H2,1-2H3,(H,33,37). The third-order valence-corrected chi connectivity index (χ3v) is 9.31. The van der Waals surface area contributed by atoms with Gasteiger partial charge in [0.1, 0.15) is 18.3 Å². The topological polar surface area (TPSA) is 96.0 Å². The summed E-state index contributed by atoms with van der Waals surface area (Å²) in [5, 5.41) is 3.14. The van der Waals surface area contributed by atoms with Crippen LogP contribution in [0.3, 0.4) is 0 Å². The molecule has 0 bridgehead atoms. The first-order chi connectivity index (χ1) is 19.8. The lowest BCUT2D eigenvalue weighted by atomic mass is 10.1. The first kappa shape index (κ1) is 30.1. The molecule has 1 atom stereocenters. The lowest BCUT2D eigenvalue weighted by molar-refractivity contribution is -0.139. The summed E-state index contributed by atoms with van der Waals surface area (Å²) in [4.78, 5) is 29.3. The first-order valence-electron chi connectivity index (χ1n) is 14.2. The molecule has 218 valence electrons. The second-order valence-corrected chi connectivity index (χ2v) is 12.1. The Morgan fingerprint density at radius 3 is 2.17 bits per heavy atom. The van der Waals surface area contributed by atoms with Gasteiger partial charge in [-0.2, -0.15) is 0 Å². The van der Waals surface area contributed by atoms with E-state index < -0.39 is 28.5 Å². The van der Waals surface area contributed by atoms with Crippen molar-refractivity contribution in [2.24, 2.45) is 0 Å². The van der Waals surface area contributed by atoms with Crippen LogP contribution in [-0.2, 0) is 26.0 Å². The smallest absolute Gasteiger partial charge is 0.264 e. The summed E-state index contributed by atoms with van der Waals surface area (Å²) in [7, 11) is -2.69. The van der Waals surface area contributed by atoms with Gasteiger partial charge in [0.15, 0.2) is 0 Å². The van der Waals surface area contributed by atoms with E-state index in [0.717, 1.165) is 35.6 Å². The fraction of sp³-hybridized carbons (Fsp3) is 0.375. The molecule has 41 heavy (non-hydrogen) atoms. The van der Waals surface area contributed by atoms with Crippen LogP contribution in [0.1, 0.15) is 44.6 Å². The third-order valence-electron chi connectivity index (χ3n) is 7.54. The maximum absolute atomic E-state index is 14.2. The van der Waals surface area contributed by atoms with Crippen LogP contribution in [-0.4, -0.2) is 57.4 Å². The Hall–Kier alpha value is -3.85. The lowest BCUT2D eigenvalue weighted by Crippen LogP contribution is -2.54. The van der Waals surface area contributed by atoms with Crippen molar-refractivity contribution >= 4 is 27.5 Å². The average molecular weight is 578 g/mol. The molecule has 1 fully saturated rings. The molecule has 1 N–H and O–H groups in total. The maximum Gasteiger partial charge on any atom is 0.264 e. The monoisotopic (exact) mass is 577 g/mol. The minimum absolute atomic E-state index is 0.0561. The maximum atomic E-state index is 14.2. The third kappa shape index (κ3) is 7.47. The van der Waals surface area contributed by atoms with Crippen LogP contribution < -0.4 is 14.4 Å². The number of hydrogen-bond donors (Lipinski definition) is 1. The number of carbonyl (C=O) groups excluding carboxylic acids is 2. The zero-order valence-electron chi connectivity index (χ0n) is 23.7. The highest BCUT2D eigenvalue weighted by molar-refractivity contribution is 7.92. The molecule has 0 aliphatic heterocycles. The second-order valence-electron chi connectivity index (χ2n) is 10.2. The van der Waals surface area contributed by atoms with E-state index in [-0.39, 0.29) is 29.1 Å². The highest BCUT2D eigenvalue weighted by Crippen LogP contribution is 2.32. The Bertz CT molecular complexity index is 1390. The van der Waals surface area contributed by atoms with Crippen molar-refractivity contribution < 1.29 is 22.7 Å². The van der Waals surface area contributed by atoms with Crippen LogP contribution in [0.2, 0.25) is 0 Å². The Morgan fingerprint density at radius 2 is 1.54 bits per heavy atom. The van der Waals surface area contributed by atoms with E-state index >= 15 is 0 Å². The summed E-state index contributed by atoms with van der Waals surface area (Å²) in [5.41, 5.74) is 1.27. The van der Waals surface area contributed by atoms with Gasteiger partial charge in [-0.25, -0.2) is 8.42 Å². The summed E-state index contributed by atoms with van der Waals surface area (Å²) in [6.07, 6.45) is 4.93. The zero-order valence-corrected chi connectivity index (χ0v) is 24.6. The molecule has 0 aromatic heterocycles. The minimum atomic E-state index is -4.15. The van der Waals surface area contributed by atoms with E-state index in [1.165, 1.54) is 19.2 Å². The summed E-state index contributed by atoms with van der Waals surface area (Å²) in [6, 6.07) is 23.8. The number of rotatable bonds is 13. The second kappa shape index (κ2) is 14.2. The number of hydrogen-bond acceptors (Lipinski definition) is 5. The summed E-state index contributed by atoms with van der Waals surface area (Å²) >= 11 is 0. The van der Waals surface area contributed by atoms with Crippen molar-refractivity contribution in [3.8, 4) is 5.75 Å². The summed E-state index contributed by atoms with van der Waals surface area (Å²) < 4.78 is 34.5. The van der Waals surface area contributed by atoms with E-state index in [0.29, 0.717) is 18.6 Å². The number of ether oxygens (including phenoxy) is 1. The number of amides is 2. The number of nitrogens with zero attached hydrogens (tertiary/aromatic N) is 2. The predicted molar refractivity (Wildman–Crippen MR) is 160 cm³/mol. The largest absolute Gasteiger partial charge is 0.495 e. The Morgan fingerprint density at radius 1 is 0.927 bits per heavy atom. The number of nitrogens with one attached hydrogen (secondary N) is 1.